The second-order valence-electron chi connectivity index (χ2n) is 5.19. The van der Waals surface area contributed by atoms with Crippen LogP contribution in [0, 0.1) is 0 Å². The van der Waals surface area contributed by atoms with Gasteiger partial charge in [0, 0.05) is 0 Å². The van der Waals surface area contributed by atoms with E-state index < -0.39 is 36.0 Å². The molecule has 1 rings (SSSR count). The normalized spacial score (nSPS) is 43.0. The molecule has 0 aliphatic carbocycles. The second kappa shape index (κ2) is 5.95. The van der Waals surface area contributed by atoms with Crippen molar-refractivity contribution in [2.75, 3.05) is 28.2 Å². The van der Waals surface area contributed by atoms with Crippen LogP contribution < -0.4 is 0 Å². The second-order valence-corrected chi connectivity index (χ2v) is 16.6. The van der Waals surface area contributed by atoms with E-state index in [4.69, 9.17) is 16.5 Å². The predicted molar refractivity (Wildman–Crippen MR) is 81.0 cm³/mol. The van der Waals surface area contributed by atoms with Gasteiger partial charge in [-0.3, -0.25) is 9.13 Å². The highest BCUT2D eigenvalue weighted by Gasteiger charge is 2.51. The molecule has 10 heteroatoms. The quantitative estimate of drug-likeness (QED) is 0.667. The average Bonchev–Trinajstić information content (AvgIpc) is 2.13. The highest BCUT2D eigenvalue weighted by molar-refractivity contribution is 6.84. The molecule has 0 spiro atoms. The van der Waals surface area contributed by atoms with Gasteiger partial charge in [0.25, 0.3) is 0 Å². The van der Waals surface area contributed by atoms with Crippen LogP contribution in [-0.2, 0) is 16.5 Å². The van der Waals surface area contributed by atoms with Gasteiger partial charge in [0.1, 0.15) is 0 Å². The van der Waals surface area contributed by atoms with Crippen molar-refractivity contribution in [2.24, 2.45) is 0 Å². The molecule has 0 aromatic carbocycles. The summed E-state index contributed by atoms with van der Waals surface area (Å²) in [6.45, 7) is 8.22. The third-order valence-corrected chi connectivity index (χ3v) is 18.7. The lowest BCUT2D eigenvalue weighted by Crippen LogP contribution is -2.69. The summed E-state index contributed by atoms with van der Waals surface area (Å²) in [5.74, 6) is 0. The molecule has 0 N–H and O–H groups in total. The average molecular weight is 327 g/mol. The van der Waals surface area contributed by atoms with Crippen LogP contribution in [0.4, 0.5) is 0 Å². The van der Waals surface area contributed by atoms with E-state index in [2.05, 4.69) is 22.2 Å². The number of hydrogen-bond donors (Lipinski definition) is 0. The minimum Gasteiger partial charge on any atom is -0.420 e. The van der Waals surface area contributed by atoms with Crippen LogP contribution >= 0.6 is 0 Å². The van der Waals surface area contributed by atoms with Crippen molar-refractivity contribution in [2.45, 2.75) is 26.2 Å². The minimum absolute atomic E-state index is 1.66. The van der Waals surface area contributed by atoms with Gasteiger partial charge in [-0.05, 0) is 54.4 Å². The van der Waals surface area contributed by atoms with Crippen LogP contribution in [0.5, 0.6) is 0 Å². The van der Waals surface area contributed by atoms with Crippen molar-refractivity contribution in [1.82, 2.24) is 9.13 Å². The molecule has 0 aromatic rings. The first-order valence-electron chi connectivity index (χ1n) is 6.15. The molecule has 6 nitrogen and oxygen atoms in total. The van der Waals surface area contributed by atoms with Gasteiger partial charge >= 0.3 is 36.0 Å². The Labute approximate surface area is 116 Å². The Kier molecular flexibility index (Phi) is 5.51. The maximum atomic E-state index is 6.40. The van der Waals surface area contributed by atoms with Crippen LogP contribution in [0.3, 0.4) is 0 Å². The lowest BCUT2D eigenvalue weighted by atomic mass is 11.3. The minimum atomic E-state index is -2.40. The molecule has 0 amide bonds. The molecule has 108 valence electrons. The summed E-state index contributed by atoms with van der Waals surface area (Å²) in [5.41, 5.74) is 0. The molecule has 0 radical (unpaired) electrons. The van der Waals surface area contributed by atoms with Crippen LogP contribution in [0.1, 0.15) is 0 Å². The fraction of sp³-hybridized carbons (Fsp3) is 1.00. The van der Waals surface area contributed by atoms with Crippen LogP contribution in [0.25, 0.3) is 0 Å². The van der Waals surface area contributed by atoms with Crippen molar-refractivity contribution in [1.29, 1.82) is 0 Å². The highest BCUT2D eigenvalue weighted by atomic mass is 28.5. The van der Waals surface area contributed by atoms with Gasteiger partial charge in [-0.25, -0.2) is 0 Å². The van der Waals surface area contributed by atoms with E-state index >= 15 is 0 Å². The van der Waals surface area contributed by atoms with E-state index in [1.807, 2.05) is 41.3 Å². The first-order chi connectivity index (χ1) is 8.09. The van der Waals surface area contributed by atoms with Crippen molar-refractivity contribution in [3.05, 3.63) is 0 Å². The molecular weight excluding hydrogens is 300 g/mol. The van der Waals surface area contributed by atoms with Crippen LogP contribution in [-0.4, -0.2) is 73.3 Å². The number of nitrogens with zero attached hydrogens (tertiary/aromatic N) is 2. The van der Waals surface area contributed by atoms with E-state index in [0.717, 1.165) is 0 Å². The molecule has 1 saturated heterocycles. The van der Waals surface area contributed by atoms with Gasteiger partial charge < -0.3 is 16.5 Å². The Balaban J connectivity index is 3.02. The summed E-state index contributed by atoms with van der Waals surface area (Å²) in [6.07, 6.45) is 0. The third kappa shape index (κ3) is 3.81. The molecule has 0 saturated carbocycles. The lowest BCUT2D eigenvalue weighted by Gasteiger charge is -2.46. The van der Waals surface area contributed by atoms with Gasteiger partial charge in [0.2, 0.25) is 0 Å². The van der Waals surface area contributed by atoms with Crippen molar-refractivity contribution in [3.8, 4) is 0 Å². The van der Waals surface area contributed by atoms with Gasteiger partial charge in [-0.15, -0.1) is 0 Å². The zero-order valence-corrected chi connectivity index (χ0v) is 17.0. The van der Waals surface area contributed by atoms with E-state index in [1.54, 1.807) is 0 Å². The maximum absolute atomic E-state index is 6.40. The third-order valence-electron chi connectivity index (χ3n) is 3.16. The molecule has 0 bridgehead atoms. The van der Waals surface area contributed by atoms with Gasteiger partial charge in [0.15, 0.2) is 0 Å². The topological polar surface area (TPSA) is 43.4 Å². The Hall–Kier alpha value is 0.628. The predicted octanol–water partition coefficient (Wildman–Crippen LogP) is 0.0276. The molecule has 1 fully saturated rings. The Bertz CT molecular complexity index is 272. The monoisotopic (exact) mass is 326 g/mol. The molecule has 1 heterocycles. The van der Waals surface area contributed by atoms with Gasteiger partial charge in [0.05, 0.1) is 0 Å². The zero-order valence-electron chi connectivity index (χ0n) is 12.7. The lowest BCUT2D eigenvalue weighted by molar-refractivity contribution is 0.190. The van der Waals surface area contributed by atoms with Gasteiger partial charge in [-0.2, -0.15) is 0 Å². The standard InChI is InChI=1S/C8H26N2O4Si4/c1-9(2)17(7)12-15(5)11-16(6)13-18(8,14-17)10(3)4/h15-16H,1-8H3. The molecular formula is C8H26N2O4Si4. The smallest absolute Gasteiger partial charge is 0.407 e. The summed E-state index contributed by atoms with van der Waals surface area (Å²) in [4.78, 5) is 0. The Morgan fingerprint density at radius 2 is 1.11 bits per heavy atom. The summed E-state index contributed by atoms with van der Waals surface area (Å²) < 4.78 is 28.8. The van der Waals surface area contributed by atoms with Crippen molar-refractivity contribution in [3.63, 3.8) is 0 Å². The summed E-state index contributed by atoms with van der Waals surface area (Å²) in [5, 5.41) is 0. The van der Waals surface area contributed by atoms with Crippen LogP contribution in [0.2, 0.25) is 26.2 Å². The van der Waals surface area contributed by atoms with Crippen molar-refractivity contribution < 1.29 is 16.5 Å². The molecule has 4 unspecified atom stereocenters. The summed E-state index contributed by atoms with van der Waals surface area (Å²) in [6, 6.07) is 0. The van der Waals surface area contributed by atoms with Crippen molar-refractivity contribution >= 4 is 36.0 Å². The molecule has 1 aliphatic heterocycles. The van der Waals surface area contributed by atoms with E-state index in [9.17, 15) is 0 Å². The fourth-order valence-corrected chi connectivity index (χ4v) is 17.5. The maximum Gasteiger partial charge on any atom is 0.407 e. The number of rotatable bonds is 2. The molecule has 18 heavy (non-hydrogen) atoms. The molecule has 0 aromatic heterocycles. The summed E-state index contributed by atoms with van der Waals surface area (Å²) >= 11 is 0. The Morgan fingerprint density at radius 3 is 1.39 bits per heavy atom. The first kappa shape index (κ1) is 16.7. The largest absolute Gasteiger partial charge is 0.420 e. The first-order valence-corrected chi connectivity index (χ1v) is 14.9. The Morgan fingerprint density at radius 1 is 0.778 bits per heavy atom. The number of hydrogen-bond acceptors (Lipinski definition) is 6. The summed E-state index contributed by atoms with van der Waals surface area (Å²) in [7, 11) is -0.122. The van der Waals surface area contributed by atoms with E-state index in [1.165, 1.54) is 0 Å². The fourth-order valence-electron chi connectivity index (χ4n) is 1.73. The van der Waals surface area contributed by atoms with Crippen LogP contribution in [0.15, 0.2) is 0 Å². The highest BCUT2D eigenvalue weighted by Crippen LogP contribution is 2.24. The molecule has 1 aliphatic rings. The zero-order chi connectivity index (χ0) is 14.1. The van der Waals surface area contributed by atoms with E-state index in [-0.39, 0.29) is 0 Å². The molecule has 4 atom stereocenters. The van der Waals surface area contributed by atoms with Gasteiger partial charge in [-0.1, -0.05) is 0 Å². The SMILES string of the molecule is CN(C)[Si]1(C)O[SiH](C)O[SiH](C)O[Si](C)(N(C)C)O1. The van der Waals surface area contributed by atoms with E-state index in [0.29, 0.717) is 0 Å².